The van der Waals surface area contributed by atoms with Crippen LogP contribution in [-0.4, -0.2) is 37.0 Å². The van der Waals surface area contributed by atoms with Crippen molar-refractivity contribution in [1.29, 1.82) is 0 Å². The number of benzene rings is 1. The van der Waals surface area contributed by atoms with Crippen molar-refractivity contribution in [3.8, 4) is 0 Å². The topological polar surface area (TPSA) is 58.4 Å². The first-order chi connectivity index (χ1) is 9.16. The minimum atomic E-state index is -0.0982. The number of carbonyl (C=O) groups excluding carboxylic acids is 1. The number of nitrogens with one attached hydrogen (secondary N) is 1. The number of amides is 1. The molecule has 0 unspecified atom stereocenters. The minimum absolute atomic E-state index is 0.0982. The molecule has 0 saturated carbocycles. The largest absolute Gasteiger partial charge is 0.398 e. The van der Waals surface area contributed by atoms with Crippen molar-refractivity contribution in [2.75, 3.05) is 31.9 Å². The van der Waals surface area contributed by atoms with Crippen LogP contribution in [0.3, 0.4) is 0 Å². The predicted molar refractivity (Wildman–Crippen MR) is 78.5 cm³/mol. The van der Waals surface area contributed by atoms with Crippen LogP contribution in [0.4, 0.5) is 5.69 Å². The van der Waals surface area contributed by atoms with Crippen molar-refractivity contribution in [3.63, 3.8) is 0 Å². The molecule has 0 spiro atoms. The molecule has 1 aromatic rings. The molecule has 19 heavy (non-hydrogen) atoms. The van der Waals surface area contributed by atoms with E-state index in [1.54, 1.807) is 18.2 Å². The second kappa shape index (κ2) is 6.78. The Morgan fingerprint density at radius 2 is 2.05 bits per heavy atom. The predicted octanol–water partition coefficient (Wildman–Crippen LogP) is 2.14. The maximum atomic E-state index is 11.9. The summed E-state index contributed by atoms with van der Waals surface area (Å²) in [7, 11) is 0. The number of halogens is 1. The highest BCUT2D eigenvalue weighted by Gasteiger charge is 2.11. The molecule has 1 aromatic carbocycles. The van der Waals surface area contributed by atoms with E-state index in [1.165, 1.54) is 19.3 Å². The zero-order valence-corrected chi connectivity index (χ0v) is 11.7. The lowest BCUT2D eigenvalue weighted by Crippen LogP contribution is -2.37. The third-order valence-electron chi connectivity index (χ3n) is 3.42. The van der Waals surface area contributed by atoms with E-state index in [1.807, 2.05) is 0 Å². The van der Waals surface area contributed by atoms with E-state index < -0.39 is 0 Å². The zero-order valence-electron chi connectivity index (χ0n) is 11.0. The minimum Gasteiger partial charge on any atom is -0.398 e. The Balaban J connectivity index is 1.78. The second-order valence-corrected chi connectivity index (χ2v) is 5.30. The summed E-state index contributed by atoms with van der Waals surface area (Å²) >= 11 is 5.90. The number of carbonyl (C=O) groups is 1. The average molecular weight is 282 g/mol. The van der Waals surface area contributed by atoms with Gasteiger partial charge in [-0.15, -0.1) is 0 Å². The van der Waals surface area contributed by atoms with Gasteiger partial charge in [-0.25, -0.2) is 0 Å². The number of anilines is 1. The Hall–Kier alpha value is -1.26. The highest BCUT2D eigenvalue weighted by atomic mass is 35.5. The van der Waals surface area contributed by atoms with Gasteiger partial charge in [-0.1, -0.05) is 18.0 Å². The Morgan fingerprint density at radius 3 is 2.74 bits per heavy atom. The first-order valence-corrected chi connectivity index (χ1v) is 7.10. The molecule has 0 aromatic heterocycles. The molecule has 3 N–H and O–H groups in total. The number of piperidine rings is 1. The third kappa shape index (κ3) is 4.11. The maximum absolute atomic E-state index is 11.9. The van der Waals surface area contributed by atoms with Gasteiger partial charge in [-0.05, 0) is 44.1 Å². The highest BCUT2D eigenvalue weighted by Crippen LogP contribution is 2.19. The SMILES string of the molecule is Nc1ccc(C(=O)NCCN2CCCCC2)cc1Cl. The van der Waals surface area contributed by atoms with E-state index in [4.69, 9.17) is 17.3 Å². The van der Waals surface area contributed by atoms with Crippen LogP contribution in [0, 0.1) is 0 Å². The fourth-order valence-corrected chi connectivity index (χ4v) is 2.46. The quantitative estimate of drug-likeness (QED) is 0.832. The van der Waals surface area contributed by atoms with E-state index in [0.717, 1.165) is 19.6 Å². The van der Waals surface area contributed by atoms with Crippen LogP contribution in [0.1, 0.15) is 29.6 Å². The molecule has 1 aliphatic heterocycles. The van der Waals surface area contributed by atoms with Crippen molar-refractivity contribution in [2.45, 2.75) is 19.3 Å². The van der Waals surface area contributed by atoms with E-state index in [9.17, 15) is 4.79 Å². The zero-order chi connectivity index (χ0) is 13.7. The van der Waals surface area contributed by atoms with Crippen LogP contribution >= 0.6 is 11.6 Å². The summed E-state index contributed by atoms with van der Waals surface area (Å²) < 4.78 is 0. The summed E-state index contributed by atoms with van der Waals surface area (Å²) in [5.74, 6) is -0.0982. The van der Waals surface area contributed by atoms with Gasteiger partial charge in [0.25, 0.3) is 5.91 Å². The standard InChI is InChI=1S/C14H20ClN3O/c15-12-10-11(4-5-13(12)16)14(19)17-6-9-18-7-2-1-3-8-18/h4-5,10H,1-3,6-9,16H2,(H,17,19). The Morgan fingerprint density at radius 1 is 1.32 bits per heavy atom. The first-order valence-electron chi connectivity index (χ1n) is 6.72. The van der Waals surface area contributed by atoms with E-state index >= 15 is 0 Å². The van der Waals surface area contributed by atoms with Gasteiger partial charge in [0, 0.05) is 18.7 Å². The number of nitrogens with zero attached hydrogens (tertiary/aromatic N) is 1. The lowest BCUT2D eigenvalue weighted by atomic mass is 10.1. The molecule has 0 bridgehead atoms. The molecule has 104 valence electrons. The number of hydrogen-bond acceptors (Lipinski definition) is 3. The lowest BCUT2D eigenvalue weighted by molar-refractivity contribution is 0.0946. The van der Waals surface area contributed by atoms with Gasteiger partial charge >= 0.3 is 0 Å². The van der Waals surface area contributed by atoms with Crippen LogP contribution in [-0.2, 0) is 0 Å². The molecule has 1 saturated heterocycles. The van der Waals surface area contributed by atoms with E-state index in [0.29, 0.717) is 22.8 Å². The molecule has 2 rings (SSSR count). The van der Waals surface area contributed by atoms with Crippen molar-refractivity contribution in [1.82, 2.24) is 10.2 Å². The fourth-order valence-electron chi connectivity index (χ4n) is 2.28. The molecular formula is C14H20ClN3O. The summed E-state index contributed by atoms with van der Waals surface area (Å²) in [6.07, 6.45) is 3.86. The number of hydrogen-bond donors (Lipinski definition) is 2. The van der Waals surface area contributed by atoms with Gasteiger partial charge < -0.3 is 16.0 Å². The molecule has 0 aliphatic carbocycles. The Labute approximate surface area is 118 Å². The molecule has 1 heterocycles. The first kappa shape index (κ1) is 14.2. The van der Waals surface area contributed by atoms with Gasteiger partial charge in [0.05, 0.1) is 10.7 Å². The number of nitrogens with two attached hydrogens (primary N) is 1. The number of likely N-dealkylation sites (tertiary alicyclic amines) is 1. The molecule has 0 atom stereocenters. The third-order valence-corrected chi connectivity index (χ3v) is 3.75. The van der Waals surface area contributed by atoms with Crippen LogP contribution in [0.25, 0.3) is 0 Å². The van der Waals surface area contributed by atoms with Crippen molar-refractivity contribution >= 4 is 23.2 Å². The van der Waals surface area contributed by atoms with Crippen molar-refractivity contribution < 1.29 is 4.79 Å². The summed E-state index contributed by atoms with van der Waals surface area (Å²) in [5.41, 5.74) is 6.66. The second-order valence-electron chi connectivity index (χ2n) is 4.89. The van der Waals surface area contributed by atoms with Crippen LogP contribution in [0.15, 0.2) is 18.2 Å². The lowest BCUT2D eigenvalue weighted by Gasteiger charge is -2.26. The summed E-state index contributed by atoms with van der Waals surface area (Å²) in [4.78, 5) is 14.3. The van der Waals surface area contributed by atoms with Gasteiger partial charge in [-0.2, -0.15) is 0 Å². The Kier molecular flexibility index (Phi) is 5.05. The smallest absolute Gasteiger partial charge is 0.251 e. The highest BCUT2D eigenvalue weighted by molar-refractivity contribution is 6.33. The van der Waals surface area contributed by atoms with Gasteiger partial charge in [0.1, 0.15) is 0 Å². The fraction of sp³-hybridized carbons (Fsp3) is 0.500. The Bertz CT molecular complexity index is 444. The summed E-state index contributed by atoms with van der Waals surface area (Å²) in [6.45, 7) is 3.86. The van der Waals surface area contributed by atoms with Crippen LogP contribution in [0.2, 0.25) is 5.02 Å². The summed E-state index contributed by atoms with van der Waals surface area (Å²) in [6, 6.07) is 4.95. The maximum Gasteiger partial charge on any atom is 0.251 e. The van der Waals surface area contributed by atoms with Crippen molar-refractivity contribution in [2.24, 2.45) is 0 Å². The van der Waals surface area contributed by atoms with Crippen molar-refractivity contribution in [3.05, 3.63) is 28.8 Å². The molecule has 4 nitrogen and oxygen atoms in total. The van der Waals surface area contributed by atoms with E-state index in [2.05, 4.69) is 10.2 Å². The molecule has 1 aliphatic rings. The summed E-state index contributed by atoms with van der Waals surface area (Å²) in [5, 5.41) is 3.33. The normalized spacial score (nSPS) is 16.3. The number of nitrogen functional groups attached to an aromatic ring is 1. The molecule has 0 radical (unpaired) electrons. The molecule has 5 heteroatoms. The van der Waals surface area contributed by atoms with Gasteiger partial charge in [-0.3, -0.25) is 4.79 Å². The van der Waals surface area contributed by atoms with E-state index in [-0.39, 0.29) is 5.91 Å². The van der Waals surface area contributed by atoms with Gasteiger partial charge in [0.15, 0.2) is 0 Å². The molecular weight excluding hydrogens is 262 g/mol. The van der Waals surface area contributed by atoms with Gasteiger partial charge in [0.2, 0.25) is 0 Å². The van der Waals surface area contributed by atoms with Crippen LogP contribution in [0.5, 0.6) is 0 Å². The molecule has 1 fully saturated rings. The molecule has 1 amide bonds. The average Bonchev–Trinajstić information content (AvgIpc) is 2.43. The monoisotopic (exact) mass is 281 g/mol. The van der Waals surface area contributed by atoms with Crippen LogP contribution < -0.4 is 11.1 Å². The number of rotatable bonds is 4.